The zero-order valence-corrected chi connectivity index (χ0v) is 17.3. The smallest absolute Gasteiger partial charge is 0.222 e. The molecule has 2 unspecified atom stereocenters. The van der Waals surface area contributed by atoms with Gasteiger partial charge >= 0.3 is 0 Å². The molecular weight excluding hydrogens is 376 g/mol. The Bertz CT molecular complexity index is 900. The molecule has 27 heavy (non-hydrogen) atoms. The Morgan fingerprint density at radius 2 is 1.93 bits per heavy atom. The molecule has 2 aromatic carbocycles. The predicted molar refractivity (Wildman–Crippen MR) is 111 cm³/mol. The fourth-order valence-corrected chi connectivity index (χ4v) is 5.52. The zero-order valence-electron chi connectivity index (χ0n) is 15.7. The Morgan fingerprint density at radius 1 is 1.15 bits per heavy atom. The highest BCUT2D eigenvalue weighted by Crippen LogP contribution is 2.48. The monoisotopic (exact) mass is 400 g/mol. The summed E-state index contributed by atoms with van der Waals surface area (Å²) in [5.41, 5.74) is 2.31. The largest absolute Gasteiger partial charge is 0.343 e. The van der Waals surface area contributed by atoms with E-state index in [0.717, 1.165) is 36.4 Å². The molecule has 0 radical (unpaired) electrons. The highest BCUT2D eigenvalue weighted by Gasteiger charge is 2.28. The van der Waals surface area contributed by atoms with Crippen LogP contribution in [-0.4, -0.2) is 40.9 Å². The molecule has 6 heteroatoms. The maximum atomic E-state index is 12.0. The van der Waals surface area contributed by atoms with Crippen LogP contribution in [0.2, 0.25) is 0 Å². The first-order valence-electron chi connectivity index (χ1n) is 9.32. The van der Waals surface area contributed by atoms with Crippen molar-refractivity contribution in [3.05, 3.63) is 42.5 Å². The first-order valence-corrected chi connectivity index (χ1v) is 11.7. The van der Waals surface area contributed by atoms with E-state index < -0.39 is 10.8 Å². The van der Waals surface area contributed by atoms with Crippen molar-refractivity contribution in [2.24, 2.45) is 0 Å². The van der Waals surface area contributed by atoms with Gasteiger partial charge in [-0.15, -0.1) is 0 Å². The van der Waals surface area contributed by atoms with E-state index in [-0.39, 0.29) is 5.91 Å². The van der Waals surface area contributed by atoms with Crippen LogP contribution in [0.3, 0.4) is 0 Å². The lowest BCUT2D eigenvalue weighted by Crippen LogP contribution is -2.42. The molecule has 0 N–H and O–H groups in total. The van der Waals surface area contributed by atoms with Gasteiger partial charge in [0.1, 0.15) is 0 Å². The summed E-state index contributed by atoms with van der Waals surface area (Å²) in [5, 5.41) is 0. The van der Waals surface area contributed by atoms with Gasteiger partial charge in [-0.3, -0.25) is 9.00 Å². The number of carbonyl (C=O) groups excluding carboxylic acids is 1. The summed E-state index contributed by atoms with van der Waals surface area (Å²) in [6.45, 7) is 0.840. The maximum Gasteiger partial charge on any atom is 0.222 e. The number of rotatable bonds is 4. The molecule has 2 aliphatic heterocycles. The fourth-order valence-electron chi connectivity index (χ4n) is 3.91. The summed E-state index contributed by atoms with van der Waals surface area (Å²) in [5.74, 6) is 0.255. The number of fused-ring (bicyclic) bond motifs is 2. The molecule has 0 aromatic heterocycles. The summed E-state index contributed by atoms with van der Waals surface area (Å²) in [4.78, 5) is 19.6. The predicted octanol–water partition coefficient (Wildman–Crippen LogP) is 4.43. The molecule has 2 atom stereocenters. The lowest BCUT2D eigenvalue weighted by Gasteiger charge is -2.37. The highest BCUT2D eigenvalue weighted by molar-refractivity contribution is 7.99. The lowest BCUT2D eigenvalue weighted by molar-refractivity contribution is -0.134. The third-order valence-corrected chi connectivity index (χ3v) is 7.53. The van der Waals surface area contributed by atoms with Crippen molar-refractivity contribution < 1.29 is 9.00 Å². The third kappa shape index (κ3) is 3.65. The third-order valence-electron chi connectivity index (χ3n) is 5.48. The second-order valence-corrected chi connectivity index (χ2v) is 9.61. The van der Waals surface area contributed by atoms with Crippen molar-refractivity contribution in [1.82, 2.24) is 4.90 Å². The van der Waals surface area contributed by atoms with E-state index in [1.54, 1.807) is 18.0 Å². The van der Waals surface area contributed by atoms with E-state index in [9.17, 15) is 9.00 Å². The summed E-state index contributed by atoms with van der Waals surface area (Å²) in [6.07, 6.45) is 5.37. The number of hydrogen-bond donors (Lipinski definition) is 0. The minimum atomic E-state index is -1.01. The van der Waals surface area contributed by atoms with E-state index in [0.29, 0.717) is 12.5 Å². The van der Waals surface area contributed by atoms with Crippen LogP contribution in [0.25, 0.3) is 0 Å². The van der Waals surface area contributed by atoms with Crippen LogP contribution >= 0.6 is 11.8 Å². The minimum Gasteiger partial charge on any atom is -0.343 e. The number of nitrogens with zero attached hydrogens (tertiary/aromatic N) is 2. The maximum absolute atomic E-state index is 12.0. The van der Waals surface area contributed by atoms with Crippen molar-refractivity contribution in [3.8, 4) is 0 Å². The highest BCUT2D eigenvalue weighted by atomic mass is 32.2. The summed E-state index contributed by atoms with van der Waals surface area (Å²) in [7, 11) is 0.922. The van der Waals surface area contributed by atoms with Crippen molar-refractivity contribution >= 4 is 39.8 Å². The molecule has 1 saturated heterocycles. The molecule has 1 fully saturated rings. The van der Waals surface area contributed by atoms with Crippen LogP contribution < -0.4 is 4.90 Å². The molecule has 2 aromatic rings. The van der Waals surface area contributed by atoms with Crippen LogP contribution in [0.4, 0.5) is 11.4 Å². The van der Waals surface area contributed by atoms with Crippen molar-refractivity contribution in [2.75, 3.05) is 24.7 Å². The molecule has 2 aliphatic rings. The fraction of sp³-hybridized carbons (Fsp3) is 0.381. The van der Waals surface area contributed by atoms with Gasteiger partial charge in [0, 0.05) is 57.8 Å². The van der Waals surface area contributed by atoms with Gasteiger partial charge in [0.15, 0.2) is 0 Å². The van der Waals surface area contributed by atoms with Crippen LogP contribution in [-0.2, 0) is 15.6 Å². The van der Waals surface area contributed by atoms with Gasteiger partial charge in [0.25, 0.3) is 0 Å². The number of para-hydroxylation sites is 1. The van der Waals surface area contributed by atoms with E-state index >= 15 is 0 Å². The lowest BCUT2D eigenvalue weighted by atomic mass is 9.99. The molecule has 0 saturated carbocycles. The number of amides is 1. The topological polar surface area (TPSA) is 40.6 Å². The van der Waals surface area contributed by atoms with Gasteiger partial charge in [-0.2, -0.15) is 0 Å². The van der Waals surface area contributed by atoms with Gasteiger partial charge in [-0.05, 0) is 49.6 Å². The van der Waals surface area contributed by atoms with Gasteiger partial charge in [-0.1, -0.05) is 23.9 Å². The first-order chi connectivity index (χ1) is 13.0. The Hall–Kier alpha value is -1.79. The van der Waals surface area contributed by atoms with Crippen LogP contribution in [0.5, 0.6) is 0 Å². The van der Waals surface area contributed by atoms with E-state index in [1.807, 2.05) is 18.0 Å². The number of carbonyl (C=O) groups is 1. The summed E-state index contributed by atoms with van der Waals surface area (Å²) >= 11 is 1.76. The van der Waals surface area contributed by atoms with E-state index in [2.05, 4.69) is 41.3 Å². The molecule has 1 amide bonds. The van der Waals surface area contributed by atoms with Crippen molar-refractivity contribution in [3.63, 3.8) is 0 Å². The molecule has 2 heterocycles. The number of likely N-dealkylation sites (tertiary alicyclic amines) is 1. The van der Waals surface area contributed by atoms with E-state index in [4.69, 9.17) is 0 Å². The van der Waals surface area contributed by atoms with Crippen LogP contribution in [0.15, 0.2) is 57.2 Å². The van der Waals surface area contributed by atoms with Gasteiger partial charge in [0.05, 0.1) is 11.4 Å². The zero-order chi connectivity index (χ0) is 19.0. The molecule has 0 aliphatic carbocycles. The van der Waals surface area contributed by atoms with Gasteiger partial charge < -0.3 is 9.80 Å². The number of anilines is 2. The summed E-state index contributed by atoms with van der Waals surface area (Å²) < 4.78 is 12.0. The molecule has 4 nitrogen and oxygen atoms in total. The second-order valence-electron chi connectivity index (χ2n) is 7.14. The Kier molecular flexibility index (Phi) is 5.28. The molecule has 4 rings (SSSR count). The molecule has 142 valence electrons. The Balaban J connectivity index is 1.65. The number of piperidine rings is 1. The SMILES string of the molecule is CN1C(=O)CCCC1CCN1c2ccccc2Sc2ccc(S(C)=O)cc21. The average molecular weight is 401 g/mol. The van der Waals surface area contributed by atoms with Crippen molar-refractivity contribution in [1.29, 1.82) is 0 Å². The minimum absolute atomic E-state index is 0.255. The average Bonchev–Trinajstić information content (AvgIpc) is 2.67. The second kappa shape index (κ2) is 7.68. The molecular formula is C21H24N2O2S2. The molecule has 0 spiro atoms. The van der Waals surface area contributed by atoms with Crippen LogP contribution in [0, 0.1) is 0 Å². The number of benzene rings is 2. The van der Waals surface area contributed by atoms with Gasteiger partial charge in [-0.25, -0.2) is 0 Å². The molecule has 0 bridgehead atoms. The standard InChI is InChI=1S/C21H24N2O2S2/c1-22-15(6-5-9-21(22)24)12-13-23-17-7-3-4-8-19(17)26-20-11-10-16(27(2)25)14-18(20)23/h3-4,7-8,10-11,14-15H,5-6,9,12-13H2,1-2H3. The van der Waals surface area contributed by atoms with Crippen LogP contribution in [0.1, 0.15) is 25.7 Å². The van der Waals surface area contributed by atoms with Crippen molar-refractivity contribution in [2.45, 2.75) is 46.4 Å². The van der Waals surface area contributed by atoms with Gasteiger partial charge in [0.2, 0.25) is 5.91 Å². The van der Waals surface area contributed by atoms with E-state index in [1.165, 1.54) is 15.5 Å². The normalized spacial score (nSPS) is 20.2. The Labute approximate surface area is 167 Å². The first kappa shape index (κ1) is 18.6. The summed E-state index contributed by atoms with van der Waals surface area (Å²) in [6, 6.07) is 14.8. The quantitative estimate of drug-likeness (QED) is 0.761. The Morgan fingerprint density at radius 3 is 2.74 bits per heavy atom. The number of hydrogen-bond acceptors (Lipinski definition) is 4.